The van der Waals surface area contributed by atoms with Gasteiger partial charge in [0, 0.05) is 12.8 Å². The highest BCUT2D eigenvalue weighted by atomic mass is 16.5. The predicted molar refractivity (Wildman–Crippen MR) is 417 cm³/mol. The molecule has 6 nitrogen and oxygen atoms in total. The Hall–Kier alpha value is -1.66. The van der Waals surface area contributed by atoms with Gasteiger partial charge in [0.25, 0.3) is 0 Å². The maximum Gasteiger partial charge on any atom is 0.305 e. The lowest BCUT2D eigenvalue weighted by atomic mass is 10.0. The molecule has 558 valence electrons. The fourth-order valence-electron chi connectivity index (χ4n) is 14.1. The zero-order valence-electron chi connectivity index (χ0n) is 64.2. The normalized spacial score (nSPS) is 12.5. The number of esters is 1. The molecular formula is C88H171NO5. The zero-order chi connectivity index (χ0) is 67.7. The summed E-state index contributed by atoms with van der Waals surface area (Å²) < 4.78 is 5.53. The fourth-order valence-corrected chi connectivity index (χ4v) is 14.1. The van der Waals surface area contributed by atoms with Crippen LogP contribution in [0, 0.1) is 0 Å². The first-order chi connectivity index (χ1) is 46.5. The van der Waals surface area contributed by atoms with Crippen molar-refractivity contribution in [2.24, 2.45) is 0 Å². The maximum atomic E-state index is 12.5. The van der Waals surface area contributed by atoms with Crippen LogP contribution in [0.3, 0.4) is 0 Å². The van der Waals surface area contributed by atoms with Crippen molar-refractivity contribution < 1.29 is 24.5 Å². The Morgan fingerprint density at radius 2 is 0.500 bits per heavy atom. The molecule has 94 heavy (non-hydrogen) atoms. The number of nitrogens with one attached hydrogen (secondary N) is 1. The van der Waals surface area contributed by atoms with Crippen LogP contribution in [0.15, 0.2) is 24.3 Å². The number of carbonyl (C=O) groups is 2. The molecule has 0 aliphatic rings. The van der Waals surface area contributed by atoms with Gasteiger partial charge in [-0.15, -0.1) is 0 Å². The predicted octanol–water partition coefficient (Wildman–Crippen LogP) is 29.2. The topological polar surface area (TPSA) is 95.9 Å². The van der Waals surface area contributed by atoms with Crippen LogP contribution < -0.4 is 5.32 Å². The molecule has 0 aliphatic heterocycles. The number of aliphatic hydroxyl groups is 2. The molecule has 0 fully saturated rings. The van der Waals surface area contributed by atoms with Gasteiger partial charge in [-0.2, -0.15) is 0 Å². The highest BCUT2D eigenvalue weighted by Crippen LogP contribution is 2.21. The first-order valence-corrected chi connectivity index (χ1v) is 43.6. The van der Waals surface area contributed by atoms with E-state index in [1.165, 1.54) is 437 Å². The number of allylic oxidation sites excluding steroid dienone is 3. The Bertz CT molecular complexity index is 1480. The van der Waals surface area contributed by atoms with Crippen molar-refractivity contribution in [1.82, 2.24) is 5.32 Å². The Labute approximate surface area is 590 Å². The molecule has 0 aromatic carbocycles. The summed E-state index contributed by atoms with van der Waals surface area (Å²) >= 11 is 0. The van der Waals surface area contributed by atoms with E-state index in [1.807, 2.05) is 6.08 Å². The molecule has 0 aromatic rings. The van der Waals surface area contributed by atoms with Crippen LogP contribution in [0.2, 0.25) is 0 Å². The van der Waals surface area contributed by atoms with Crippen molar-refractivity contribution in [2.75, 3.05) is 13.2 Å². The van der Waals surface area contributed by atoms with E-state index in [2.05, 4.69) is 31.3 Å². The van der Waals surface area contributed by atoms with E-state index >= 15 is 0 Å². The van der Waals surface area contributed by atoms with Gasteiger partial charge in [0.2, 0.25) is 5.91 Å². The second kappa shape index (κ2) is 83.8. The van der Waals surface area contributed by atoms with Crippen molar-refractivity contribution in [1.29, 1.82) is 0 Å². The summed E-state index contributed by atoms with van der Waals surface area (Å²) in [5, 5.41) is 23.3. The van der Waals surface area contributed by atoms with Gasteiger partial charge < -0.3 is 20.3 Å². The summed E-state index contributed by atoms with van der Waals surface area (Å²) in [6.45, 7) is 4.97. The number of hydrogen-bond acceptors (Lipinski definition) is 5. The average molecular weight is 1320 g/mol. The molecule has 0 rings (SSSR count). The lowest BCUT2D eigenvalue weighted by Gasteiger charge is -2.20. The van der Waals surface area contributed by atoms with Gasteiger partial charge in [0.05, 0.1) is 25.4 Å². The van der Waals surface area contributed by atoms with Crippen LogP contribution in [-0.4, -0.2) is 47.4 Å². The van der Waals surface area contributed by atoms with Crippen molar-refractivity contribution in [3.8, 4) is 0 Å². The largest absolute Gasteiger partial charge is 0.466 e. The van der Waals surface area contributed by atoms with E-state index in [4.69, 9.17) is 4.74 Å². The van der Waals surface area contributed by atoms with Crippen LogP contribution in [0.4, 0.5) is 0 Å². The fraction of sp³-hybridized carbons (Fsp3) is 0.932. The highest BCUT2D eigenvalue weighted by molar-refractivity contribution is 5.76. The number of rotatable bonds is 83. The highest BCUT2D eigenvalue weighted by Gasteiger charge is 2.18. The first-order valence-electron chi connectivity index (χ1n) is 43.6. The molecule has 2 atom stereocenters. The van der Waals surface area contributed by atoms with Gasteiger partial charge in [0.1, 0.15) is 0 Å². The average Bonchev–Trinajstić information content (AvgIpc) is 3.61. The van der Waals surface area contributed by atoms with Crippen LogP contribution in [-0.2, 0) is 14.3 Å². The van der Waals surface area contributed by atoms with Gasteiger partial charge in [-0.3, -0.25) is 9.59 Å². The van der Waals surface area contributed by atoms with Crippen molar-refractivity contribution in [3.63, 3.8) is 0 Å². The summed E-state index contributed by atoms with van der Waals surface area (Å²) in [5.74, 6) is -0.0305. The molecule has 0 aromatic heterocycles. The van der Waals surface area contributed by atoms with E-state index in [0.29, 0.717) is 19.4 Å². The van der Waals surface area contributed by atoms with Crippen LogP contribution in [0.5, 0.6) is 0 Å². The van der Waals surface area contributed by atoms with E-state index in [-0.39, 0.29) is 18.5 Å². The molecule has 0 saturated heterocycles. The minimum Gasteiger partial charge on any atom is -0.466 e. The molecule has 0 heterocycles. The van der Waals surface area contributed by atoms with E-state index in [1.54, 1.807) is 6.08 Å². The van der Waals surface area contributed by atoms with Gasteiger partial charge in [-0.05, 0) is 57.8 Å². The number of amides is 1. The number of carbonyl (C=O) groups excluding carboxylic acids is 2. The third kappa shape index (κ3) is 79.3. The first kappa shape index (κ1) is 92.3. The van der Waals surface area contributed by atoms with E-state index in [0.717, 1.165) is 38.5 Å². The van der Waals surface area contributed by atoms with Crippen molar-refractivity contribution in [3.05, 3.63) is 24.3 Å². The Morgan fingerprint density at radius 3 is 0.755 bits per heavy atom. The molecular weight excluding hydrogens is 1150 g/mol. The third-order valence-corrected chi connectivity index (χ3v) is 20.7. The molecule has 0 spiro atoms. The van der Waals surface area contributed by atoms with E-state index < -0.39 is 12.1 Å². The Kier molecular flexibility index (Phi) is 82.3. The summed E-state index contributed by atoms with van der Waals surface area (Å²) in [6, 6.07) is -0.625. The van der Waals surface area contributed by atoms with Crippen LogP contribution in [0.1, 0.15) is 502 Å². The van der Waals surface area contributed by atoms with Gasteiger partial charge in [0.15, 0.2) is 0 Å². The molecule has 0 radical (unpaired) electrons. The van der Waals surface area contributed by atoms with Gasteiger partial charge in [-0.25, -0.2) is 0 Å². The second-order valence-electron chi connectivity index (χ2n) is 30.2. The number of aliphatic hydroxyl groups excluding tert-OH is 2. The summed E-state index contributed by atoms with van der Waals surface area (Å²) in [7, 11) is 0. The standard InChI is InChI=1S/C88H171NO5/c1-3-5-7-9-11-13-15-17-19-21-44-48-52-56-60-64-68-72-76-80-86(91)85(84-90)89-87(92)81-77-73-69-65-61-57-53-49-46-42-40-38-36-34-32-30-28-26-24-23-25-27-29-31-33-35-37-39-41-43-47-51-55-59-63-67-71-75-79-83-94-88(93)82-78-74-70-66-62-58-54-50-45-22-20-18-16-14-12-10-8-6-4-2/h23-24,76,80,85-86,90-91H,3-22,25-75,77-79,81-84H2,1-2H3,(H,89,92)/b24-23-,80-76+. The van der Waals surface area contributed by atoms with Crippen LogP contribution in [0.25, 0.3) is 0 Å². The monoisotopic (exact) mass is 1320 g/mol. The Balaban J connectivity index is 3.32. The quantitative estimate of drug-likeness (QED) is 0.0320. The number of unbranched alkanes of at least 4 members (excludes halogenated alkanes) is 70. The smallest absolute Gasteiger partial charge is 0.305 e. The van der Waals surface area contributed by atoms with E-state index in [9.17, 15) is 19.8 Å². The summed E-state index contributed by atoms with van der Waals surface area (Å²) in [5.41, 5.74) is 0. The number of hydrogen-bond donors (Lipinski definition) is 3. The van der Waals surface area contributed by atoms with Gasteiger partial charge >= 0.3 is 5.97 Å². The molecule has 0 saturated carbocycles. The SMILES string of the molecule is CCCCCCCCCCCCCCCCCCC/C=C/C(O)C(CO)NC(=O)CCCCCCCCCCCCCCCCCCC/C=C\CCCCCCCCCCCCCCCCCCCCOC(=O)CCCCCCCCCCCCCCCCCCCCC. The molecule has 0 aliphatic carbocycles. The minimum atomic E-state index is -0.842. The lowest BCUT2D eigenvalue weighted by molar-refractivity contribution is -0.143. The van der Waals surface area contributed by atoms with Crippen molar-refractivity contribution in [2.45, 2.75) is 514 Å². The molecule has 2 unspecified atom stereocenters. The van der Waals surface area contributed by atoms with Crippen LogP contribution >= 0.6 is 0 Å². The van der Waals surface area contributed by atoms with Crippen molar-refractivity contribution >= 4 is 11.9 Å². The number of ether oxygens (including phenoxy) is 1. The lowest BCUT2D eigenvalue weighted by Crippen LogP contribution is -2.45. The Morgan fingerprint density at radius 1 is 0.287 bits per heavy atom. The second-order valence-corrected chi connectivity index (χ2v) is 30.2. The molecule has 6 heteroatoms. The van der Waals surface area contributed by atoms with Gasteiger partial charge in [-0.1, -0.05) is 456 Å². The molecule has 0 bridgehead atoms. The molecule has 1 amide bonds. The minimum absolute atomic E-state index is 0.0283. The summed E-state index contributed by atoms with van der Waals surface area (Å²) in [4.78, 5) is 24.7. The molecule has 3 N–H and O–H groups in total. The maximum absolute atomic E-state index is 12.5. The summed E-state index contributed by atoms with van der Waals surface area (Å²) in [6.07, 6.45) is 109. The zero-order valence-corrected chi connectivity index (χ0v) is 64.2. The third-order valence-electron chi connectivity index (χ3n) is 20.7.